The molecular formula is C17H30O. The highest BCUT2D eigenvalue weighted by molar-refractivity contribution is 5.06. The first kappa shape index (κ1) is 13.0. The molecule has 3 fully saturated rings. The van der Waals surface area contributed by atoms with Gasteiger partial charge in [-0.3, -0.25) is 0 Å². The van der Waals surface area contributed by atoms with Crippen LogP contribution in [0.5, 0.6) is 0 Å². The minimum Gasteiger partial charge on any atom is -0.393 e. The summed E-state index contributed by atoms with van der Waals surface area (Å²) < 4.78 is 0. The highest BCUT2D eigenvalue weighted by Crippen LogP contribution is 2.64. The molecule has 0 radical (unpaired) electrons. The summed E-state index contributed by atoms with van der Waals surface area (Å²) in [5.41, 5.74) is 0.548. The van der Waals surface area contributed by atoms with Crippen LogP contribution in [0.2, 0.25) is 0 Å². The molecule has 7 atom stereocenters. The van der Waals surface area contributed by atoms with E-state index in [4.69, 9.17) is 0 Å². The monoisotopic (exact) mass is 250 g/mol. The summed E-state index contributed by atoms with van der Waals surface area (Å²) in [4.78, 5) is 0. The van der Waals surface area contributed by atoms with Crippen molar-refractivity contribution in [1.82, 2.24) is 0 Å². The second kappa shape index (κ2) is 4.23. The normalized spacial score (nSPS) is 54.8. The van der Waals surface area contributed by atoms with Crippen molar-refractivity contribution in [3.05, 3.63) is 0 Å². The molecule has 0 aromatic carbocycles. The van der Waals surface area contributed by atoms with Gasteiger partial charge in [-0.25, -0.2) is 0 Å². The third-order valence-corrected chi connectivity index (χ3v) is 7.30. The van der Waals surface area contributed by atoms with Crippen LogP contribution in [0.1, 0.15) is 59.8 Å². The molecule has 0 amide bonds. The van der Waals surface area contributed by atoms with Gasteiger partial charge in [0.25, 0.3) is 0 Å². The molecule has 0 aliphatic heterocycles. The van der Waals surface area contributed by atoms with Crippen LogP contribution in [0.15, 0.2) is 0 Å². The molecule has 1 N–H and O–H groups in total. The highest BCUT2D eigenvalue weighted by Gasteiger charge is 2.57. The van der Waals surface area contributed by atoms with Gasteiger partial charge >= 0.3 is 0 Å². The van der Waals surface area contributed by atoms with E-state index in [2.05, 4.69) is 27.7 Å². The summed E-state index contributed by atoms with van der Waals surface area (Å²) in [6.07, 6.45) is 6.69. The molecule has 3 saturated carbocycles. The van der Waals surface area contributed by atoms with Crippen LogP contribution in [0.25, 0.3) is 0 Å². The van der Waals surface area contributed by atoms with Crippen molar-refractivity contribution >= 4 is 0 Å². The van der Waals surface area contributed by atoms with E-state index in [0.717, 1.165) is 23.7 Å². The Kier molecular flexibility index (Phi) is 3.05. The van der Waals surface area contributed by atoms with E-state index >= 15 is 0 Å². The topological polar surface area (TPSA) is 20.2 Å². The maximum Gasteiger partial charge on any atom is 0.0596 e. The van der Waals surface area contributed by atoms with Gasteiger partial charge in [-0.15, -0.1) is 0 Å². The van der Waals surface area contributed by atoms with Gasteiger partial charge < -0.3 is 5.11 Å². The molecule has 1 nitrogen and oxygen atoms in total. The van der Waals surface area contributed by atoms with E-state index in [0.29, 0.717) is 17.3 Å². The van der Waals surface area contributed by atoms with Gasteiger partial charge in [-0.1, -0.05) is 34.1 Å². The standard InChI is InChI=1S/C17H30O/c1-10-6-5-7-13(16(10)18)15-9-12-8-14(15)11(2)17(12,3)4/h10-16,18H,5-9H2,1-4H3/t10-,11+,12-,13-,14-,15+,16-/m1/s1. The number of aliphatic hydroxyl groups excluding tert-OH is 1. The van der Waals surface area contributed by atoms with Crippen molar-refractivity contribution in [2.75, 3.05) is 0 Å². The fourth-order valence-corrected chi connectivity index (χ4v) is 5.61. The smallest absolute Gasteiger partial charge is 0.0596 e. The van der Waals surface area contributed by atoms with Crippen LogP contribution in [-0.4, -0.2) is 11.2 Å². The van der Waals surface area contributed by atoms with Crippen LogP contribution >= 0.6 is 0 Å². The van der Waals surface area contributed by atoms with Crippen molar-refractivity contribution in [3.63, 3.8) is 0 Å². The van der Waals surface area contributed by atoms with Crippen LogP contribution < -0.4 is 0 Å². The Morgan fingerprint density at radius 2 is 1.61 bits per heavy atom. The second-order valence-corrected chi connectivity index (χ2v) is 8.17. The molecule has 3 rings (SSSR count). The molecule has 1 heteroatoms. The van der Waals surface area contributed by atoms with Crippen LogP contribution in [0.3, 0.4) is 0 Å². The predicted molar refractivity (Wildman–Crippen MR) is 75.2 cm³/mol. The number of aliphatic hydroxyl groups is 1. The lowest BCUT2D eigenvalue weighted by molar-refractivity contribution is -0.0365. The Labute approximate surface area is 112 Å². The Bertz CT molecular complexity index is 318. The van der Waals surface area contributed by atoms with Gasteiger partial charge in [0, 0.05) is 0 Å². The summed E-state index contributed by atoms with van der Waals surface area (Å²) in [5, 5.41) is 10.5. The van der Waals surface area contributed by atoms with E-state index in [1.165, 1.54) is 32.1 Å². The maximum absolute atomic E-state index is 10.5. The molecule has 3 aliphatic rings. The molecule has 3 aliphatic carbocycles. The van der Waals surface area contributed by atoms with E-state index in [1.54, 1.807) is 0 Å². The number of rotatable bonds is 1. The minimum atomic E-state index is -0.0154. The summed E-state index contributed by atoms with van der Waals surface area (Å²) in [7, 11) is 0. The second-order valence-electron chi connectivity index (χ2n) is 8.17. The first-order chi connectivity index (χ1) is 8.43. The fraction of sp³-hybridized carbons (Fsp3) is 1.00. The number of hydrogen-bond donors (Lipinski definition) is 1. The zero-order valence-corrected chi connectivity index (χ0v) is 12.5. The van der Waals surface area contributed by atoms with E-state index in [9.17, 15) is 5.11 Å². The molecule has 0 saturated heterocycles. The van der Waals surface area contributed by atoms with Crippen molar-refractivity contribution in [2.24, 2.45) is 40.9 Å². The summed E-state index contributed by atoms with van der Waals surface area (Å²) in [5.74, 6) is 4.65. The lowest BCUT2D eigenvalue weighted by Crippen LogP contribution is -2.42. The Morgan fingerprint density at radius 1 is 0.944 bits per heavy atom. The molecule has 18 heavy (non-hydrogen) atoms. The summed E-state index contributed by atoms with van der Waals surface area (Å²) in [6, 6.07) is 0. The Balaban J connectivity index is 1.76. The SMILES string of the molecule is C[C@@H]1CCC[C@H]([C@@H]2C[C@H]3C[C@@H]2[C@H](C)C3(C)C)[C@@H]1O. The summed E-state index contributed by atoms with van der Waals surface area (Å²) in [6.45, 7) is 9.66. The highest BCUT2D eigenvalue weighted by atomic mass is 16.3. The Morgan fingerprint density at radius 3 is 2.22 bits per heavy atom. The van der Waals surface area contributed by atoms with Crippen molar-refractivity contribution in [1.29, 1.82) is 0 Å². The van der Waals surface area contributed by atoms with Crippen LogP contribution in [0.4, 0.5) is 0 Å². The lowest BCUT2D eigenvalue weighted by Gasteiger charge is -2.46. The van der Waals surface area contributed by atoms with Gasteiger partial charge in [-0.05, 0) is 66.6 Å². The average molecular weight is 250 g/mol. The fourth-order valence-electron chi connectivity index (χ4n) is 5.61. The van der Waals surface area contributed by atoms with Gasteiger partial charge in [0.1, 0.15) is 0 Å². The van der Waals surface area contributed by atoms with Gasteiger partial charge in [0.05, 0.1) is 6.10 Å². The molecular weight excluding hydrogens is 220 g/mol. The zero-order chi connectivity index (χ0) is 13.1. The van der Waals surface area contributed by atoms with Crippen molar-refractivity contribution in [2.45, 2.75) is 65.9 Å². The molecule has 0 aromatic rings. The lowest BCUT2D eigenvalue weighted by atomic mass is 9.60. The molecule has 0 spiro atoms. The van der Waals surface area contributed by atoms with E-state index < -0.39 is 0 Å². The zero-order valence-electron chi connectivity index (χ0n) is 12.5. The maximum atomic E-state index is 10.5. The average Bonchev–Trinajstić information content (AvgIpc) is 2.83. The predicted octanol–water partition coefficient (Wildman–Crippen LogP) is 4.10. The van der Waals surface area contributed by atoms with E-state index in [-0.39, 0.29) is 6.10 Å². The molecule has 2 bridgehead atoms. The quantitative estimate of drug-likeness (QED) is 0.743. The van der Waals surface area contributed by atoms with Crippen molar-refractivity contribution < 1.29 is 5.11 Å². The molecule has 0 aromatic heterocycles. The largest absolute Gasteiger partial charge is 0.393 e. The first-order valence-electron chi connectivity index (χ1n) is 8.11. The first-order valence-corrected chi connectivity index (χ1v) is 8.11. The third-order valence-electron chi connectivity index (χ3n) is 7.30. The van der Waals surface area contributed by atoms with Crippen LogP contribution in [0, 0.1) is 40.9 Å². The van der Waals surface area contributed by atoms with Crippen LogP contribution in [-0.2, 0) is 0 Å². The molecule has 0 unspecified atom stereocenters. The Hall–Kier alpha value is -0.0400. The van der Waals surface area contributed by atoms with Gasteiger partial charge in [-0.2, -0.15) is 0 Å². The van der Waals surface area contributed by atoms with E-state index in [1.807, 2.05) is 0 Å². The third kappa shape index (κ3) is 1.69. The van der Waals surface area contributed by atoms with Crippen molar-refractivity contribution in [3.8, 4) is 0 Å². The molecule has 104 valence electrons. The summed E-state index contributed by atoms with van der Waals surface area (Å²) >= 11 is 0. The minimum absolute atomic E-state index is 0.0154. The molecule has 0 heterocycles. The van der Waals surface area contributed by atoms with Gasteiger partial charge in [0.2, 0.25) is 0 Å². The number of fused-ring (bicyclic) bond motifs is 2. The number of hydrogen-bond acceptors (Lipinski definition) is 1. The van der Waals surface area contributed by atoms with Gasteiger partial charge in [0.15, 0.2) is 0 Å².